The maximum Gasteiger partial charge on any atom is 0.471 e. The lowest BCUT2D eigenvalue weighted by atomic mass is 10.1. The molecule has 0 unspecified atom stereocenters. The number of hydrogen-bond acceptors (Lipinski definition) is 3. The highest BCUT2D eigenvalue weighted by atomic mass is 19.4. The second-order valence-electron chi connectivity index (χ2n) is 4.88. The lowest BCUT2D eigenvalue weighted by Crippen LogP contribution is -2.44. The molecule has 0 saturated heterocycles. The molecule has 0 radical (unpaired) electrons. The number of nitrogens with zero attached hydrogens (tertiary/aromatic N) is 1. The van der Waals surface area contributed by atoms with E-state index in [0.29, 0.717) is 24.2 Å². The van der Waals surface area contributed by atoms with E-state index >= 15 is 0 Å². The Labute approximate surface area is 124 Å². The first-order valence-electron chi connectivity index (χ1n) is 6.49. The zero-order valence-corrected chi connectivity index (χ0v) is 11.7. The number of hydrogen-bond donors (Lipinski definition) is 1. The van der Waals surface area contributed by atoms with Crippen LogP contribution in [0.3, 0.4) is 0 Å². The Hall–Kier alpha value is -2.38. The van der Waals surface area contributed by atoms with E-state index in [-0.39, 0.29) is 5.78 Å². The first kappa shape index (κ1) is 16.0. The van der Waals surface area contributed by atoms with Crippen LogP contribution in [0.1, 0.15) is 22.8 Å². The number of alkyl halides is 3. The molecular weight excluding hydrogens is 301 g/mol. The average molecular weight is 314 g/mol. The molecular formula is C14H13F3N2O3. The van der Waals surface area contributed by atoms with Crippen molar-refractivity contribution in [2.24, 2.45) is 0 Å². The molecule has 1 N–H and O–H groups in total. The van der Waals surface area contributed by atoms with Crippen LogP contribution in [-0.2, 0) is 16.0 Å². The highest BCUT2D eigenvalue weighted by Crippen LogP contribution is 2.29. The van der Waals surface area contributed by atoms with Crippen molar-refractivity contribution in [3.05, 3.63) is 29.3 Å². The summed E-state index contributed by atoms with van der Waals surface area (Å²) in [5.74, 6) is -2.89. The van der Waals surface area contributed by atoms with E-state index < -0.39 is 24.5 Å². The Morgan fingerprint density at radius 1 is 1.27 bits per heavy atom. The third kappa shape index (κ3) is 3.26. The number of benzene rings is 1. The van der Waals surface area contributed by atoms with Gasteiger partial charge in [-0.2, -0.15) is 13.2 Å². The number of amides is 2. The van der Waals surface area contributed by atoms with Crippen LogP contribution < -0.4 is 10.2 Å². The van der Waals surface area contributed by atoms with Crippen molar-refractivity contribution in [2.45, 2.75) is 19.5 Å². The number of fused-ring (bicyclic) bond motifs is 1. The van der Waals surface area contributed by atoms with E-state index in [1.54, 1.807) is 23.5 Å². The van der Waals surface area contributed by atoms with E-state index in [9.17, 15) is 27.6 Å². The highest BCUT2D eigenvalue weighted by molar-refractivity contribution is 6.00. The second kappa shape index (κ2) is 5.78. The van der Waals surface area contributed by atoms with Crippen molar-refractivity contribution in [3.8, 4) is 0 Å². The van der Waals surface area contributed by atoms with Gasteiger partial charge in [-0.15, -0.1) is 0 Å². The Morgan fingerprint density at radius 2 is 1.95 bits per heavy atom. The molecule has 5 nitrogen and oxygen atoms in total. The summed E-state index contributed by atoms with van der Waals surface area (Å²) in [5.41, 5.74) is 1.85. The van der Waals surface area contributed by atoms with E-state index in [2.05, 4.69) is 0 Å². The Bertz CT molecular complexity index is 641. The van der Waals surface area contributed by atoms with Gasteiger partial charge in [0.1, 0.15) is 0 Å². The van der Waals surface area contributed by atoms with Gasteiger partial charge in [-0.3, -0.25) is 14.4 Å². The van der Waals surface area contributed by atoms with E-state index in [0.717, 1.165) is 5.56 Å². The van der Waals surface area contributed by atoms with Crippen molar-refractivity contribution >= 4 is 23.3 Å². The van der Waals surface area contributed by atoms with Gasteiger partial charge in [-0.25, -0.2) is 0 Å². The molecule has 2 amide bonds. The first-order valence-corrected chi connectivity index (χ1v) is 6.49. The lowest BCUT2D eigenvalue weighted by molar-refractivity contribution is -0.173. The minimum absolute atomic E-state index is 0.106. The van der Waals surface area contributed by atoms with Gasteiger partial charge in [0.25, 0.3) is 0 Å². The summed E-state index contributed by atoms with van der Waals surface area (Å²) in [7, 11) is 0. The number of carbonyl (C=O) groups is 3. The smallest absolute Gasteiger partial charge is 0.339 e. The quantitative estimate of drug-likeness (QED) is 0.859. The van der Waals surface area contributed by atoms with Crippen molar-refractivity contribution in [1.29, 1.82) is 0 Å². The lowest BCUT2D eigenvalue weighted by Gasteiger charge is -2.18. The van der Waals surface area contributed by atoms with E-state index in [4.69, 9.17) is 0 Å². The van der Waals surface area contributed by atoms with Gasteiger partial charge in [0.05, 0.1) is 6.54 Å². The van der Waals surface area contributed by atoms with Gasteiger partial charge in [-0.1, -0.05) is 0 Å². The van der Waals surface area contributed by atoms with Crippen LogP contribution >= 0.6 is 0 Å². The van der Waals surface area contributed by atoms with Gasteiger partial charge in [0, 0.05) is 17.8 Å². The van der Waals surface area contributed by atoms with Crippen molar-refractivity contribution in [3.63, 3.8) is 0 Å². The predicted octanol–water partition coefficient (Wildman–Crippen LogP) is 1.46. The summed E-state index contributed by atoms with van der Waals surface area (Å²) in [5, 5.41) is 1.55. The van der Waals surface area contributed by atoms with Crippen LogP contribution in [0.4, 0.5) is 18.9 Å². The fraction of sp³-hybridized carbons (Fsp3) is 0.357. The summed E-state index contributed by atoms with van der Waals surface area (Å²) < 4.78 is 36.2. The van der Waals surface area contributed by atoms with Crippen LogP contribution in [0, 0.1) is 0 Å². The molecule has 22 heavy (non-hydrogen) atoms. The fourth-order valence-corrected chi connectivity index (χ4v) is 2.23. The number of anilines is 1. The second-order valence-corrected chi connectivity index (χ2v) is 4.88. The molecule has 118 valence electrons. The van der Waals surface area contributed by atoms with E-state index in [1.807, 2.05) is 0 Å². The zero-order valence-electron chi connectivity index (χ0n) is 11.7. The first-order chi connectivity index (χ1) is 10.2. The van der Waals surface area contributed by atoms with Crippen LogP contribution in [0.2, 0.25) is 0 Å². The molecule has 0 aliphatic carbocycles. The molecule has 0 fully saturated rings. The molecule has 1 aliphatic rings. The van der Waals surface area contributed by atoms with Gasteiger partial charge < -0.3 is 10.2 Å². The van der Waals surface area contributed by atoms with Crippen LogP contribution in [0.15, 0.2) is 18.2 Å². The predicted molar refractivity (Wildman–Crippen MR) is 71.6 cm³/mol. The topological polar surface area (TPSA) is 66.5 Å². The molecule has 0 spiro atoms. The third-order valence-corrected chi connectivity index (χ3v) is 3.34. The summed E-state index contributed by atoms with van der Waals surface area (Å²) in [6.07, 6.45) is -4.50. The maximum absolute atomic E-state index is 12.1. The summed E-state index contributed by atoms with van der Waals surface area (Å²) in [4.78, 5) is 35.2. The summed E-state index contributed by atoms with van der Waals surface area (Å²) in [6, 6.07) is 4.81. The molecule has 0 saturated carbocycles. The Balaban J connectivity index is 2.06. The molecule has 1 aromatic carbocycles. The standard InChI is InChI=1S/C14H13F3N2O3/c1-8(20)9-2-3-11-10(6-9)4-5-19(11)12(21)7-18-13(22)14(15,16)17/h2-3,6H,4-5,7H2,1H3,(H,18,22). The molecule has 1 aliphatic heterocycles. The van der Waals surface area contributed by atoms with Gasteiger partial charge in [0.2, 0.25) is 5.91 Å². The molecule has 0 atom stereocenters. The number of carbonyl (C=O) groups excluding carboxylic acids is 3. The largest absolute Gasteiger partial charge is 0.471 e. The molecule has 0 aromatic heterocycles. The SMILES string of the molecule is CC(=O)c1ccc2c(c1)CCN2C(=O)CNC(=O)C(F)(F)F. The Kier molecular flexibility index (Phi) is 4.20. The molecule has 1 heterocycles. The molecule has 0 bridgehead atoms. The van der Waals surface area contributed by atoms with Crippen molar-refractivity contribution in [2.75, 3.05) is 18.0 Å². The number of ketones is 1. The van der Waals surface area contributed by atoms with Gasteiger partial charge >= 0.3 is 12.1 Å². The van der Waals surface area contributed by atoms with Crippen molar-refractivity contribution in [1.82, 2.24) is 5.32 Å². The van der Waals surface area contributed by atoms with E-state index in [1.165, 1.54) is 11.8 Å². The number of Topliss-reactive ketones (excluding diaryl/α,β-unsaturated/α-hetero) is 1. The molecule has 8 heteroatoms. The van der Waals surface area contributed by atoms with Crippen molar-refractivity contribution < 1.29 is 27.6 Å². The van der Waals surface area contributed by atoms with Gasteiger partial charge in [0.15, 0.2) is 5.78 Å². The third-order valence-electron chi connectivity index (χ3n) is 3.34. The number of nitrogens with one attached hydrogen (secondary N) is 1. The minimum atomic E-state index is -5.01. The number of halogens is 3. The molecule has 1 aromatic rings. The van der Waals surface area contributed by atoms with Gasteiger partial charge in [-0.05, 0) is 37.1 Å². The highest BCUT2D eigenvalue weighted by Gasteiger charge is 2.39. The minimum Gasteiger partial charge on any atom is -0.339 e. The normalized spacial score (nSPS) is 13.7. The van der Waals surface area contributed by atoms with Crippen LogP contribution in [0.5, 0.6) is 0 Å². The summed E-state index contributed by atoms with van der Waals surface area (Å²) >= 11 is 0. The van der Waals surface area contributed by atoms with Crippen LogP contribution in [0.25, 0.3) is 0 Å². The fourth-order valence-electron chi connectivity index (χ4n) is 2.23. The monoisotopic (exact) mass is 314 g/mol. The summed E-state index contributed by atoms with van der Waals surface area (Å²) in [6.45, 7) is 0.996. The number of rotatable bonds is 3. The maximum atomic E-state index is 12.1. The Morgan fingerprint density at radius 3 is 2.55 bits per heavy atom. The average Bonchev–Trinajstić information content (AvgIpc) is 2.86. The zero-order chi connectivity index (χ0) is 16.5. The van der Waals surface area contributed by atoms with Crippen LogP contribution in [-0.4, -0.2) is 36.9 Å². The molecule has 2 rings (SSSR count).